The van der Waals surface area contributed by atoms with Crippen molar-refractivity contribution in [2.45, 2.75) is 39.5 Å². The number of furan rings is 1. The highest BCUT2D eigenvalue weighted by atomic mass is 16.3. The minimum Gasteiger partial charge on any atom is -0.452 e. The summed E-state index contributed by atoms with van der Waals surface area (Å²) in [6.07, 6.45) is 0. The second-order valence-corrected chi connectivity index (χ2v) is 9.46. The molecule has 0 atom stereocenters. The van der Waals surface area contributed by atoms with Crippen LogP contribution in [0.3, 0.4) is 0 Å². The predicted octanol–water partition coefficient (Wildman–Crippen LogP) is 8.60. The first-order valence-corrected chi connectivity index (χ1v) is 11.7. The quantitative estimate of drug-likeness (QED) is 0.282. The second-order valence-electron chi connectivity index (χ2n) is 9.46. The van der Waals surface area contributed by atoms with Crippen LogP contribution in [0.5, 0.6) is 0 Å². The van der Waals surface area contributed by atoms with E-state index in [-0.39, 0.29) is 5.92 Å². The molecule has 2 heterocycles. The molecule has 0 bridgehead atoms. The van der Waals surface area contributed by atoms with Gasteiger partial charge in [-0.05, 0) is 45.2 Å². The van der Waals surface area contributed by atoms with E-state index in [1.54, 1.807) is 0 Å². The van der Waals surface area contributed by atoms with Gasteiger partial charge in [0.2, 0.25) is 0 Å². The summed E-state index contributed by atoms with van der Waals surface area (Å²) < 4.78 is 6.48. The maximum Gasteiger partial charge on any atom is 0.180 e. The molecule has 162 valence electrons. The molecule has 3 nitrogen and oxygen atoms in total. The van der Waals surface area contributed by atoms with Gasteiger partial charge < -0.3 is 4.42 Å². The van der Waals surface area contributed by atoms with Crippen molar-refractivity contribution in [1.82, 2.24) is 9.97 Å². The van der Waals surface area contributed by atoms with Crippen LogP contribution in [-0.2, 0) is 0 Å². The third-order valence-corrected chi connectivity index (χ3v) is 6.55. The lowest BCUT2D eigenvalue weighted by atomic mass is 9.92. The van der Waals surface area contributed by atoms with Gasteiger partial charge in [-0.3, -0.25) is 0 Å². The molecule has 4 aromatic carbocycles. The molecular weight excluding hydrogens is 404 g/mol. The fraction of sp³-hybridized carbons (Fsp3) is 0.200. The van der Waals surface area contributed by atoms with E-state index >= 15 is 0 Å². The standard InChI is InChI=1S/C30H26N2O/c1-17(2)21-13-14-24(23-12-8-7-11-22(21)23)27-29-28(32-30(31-27)18(3)4)25-15-19-9-5-6-10-20(19)16-26(25)33-29/h5-18H,1-4H3. The van der Waals surface area contributed by atoms with E-state index in [0.717, 1.165) is 44.5 Å². The molecule has 0 radical (unpaired) electrons. The van der Waals surface area contributed by atoms with Crippen LogP contribution in [0.25, 0.3) is 54.9 Å². The number of nitrogens with zero attached hydrogens (tertiary/aromatic N) is 2. The summed E-state index contributed by atoms with van der Waals surface area (Å²) in [6.45, 7) is 8.77. The van der Waals surface area contributed by atoms with Crippen molar-refractivity contribution in [2.75, 3.05) is 0 Å². The molecule has 0 saturated carbocycles. The largest absolute Gasteiger partial charge is 0.452 e. The molecular formula is C30H26N2O. The van der Waals surface area contributed by atoms with Crippen molar-refractivity contribution in [3.63, 3.8) is 0 Å². The van der Waals surface area contributed by atoms with Crippen molar-refractivity contribution in [3.8, 4) is 11.3 Å². The summed E-state index contributed by atoms with van der Waals surface area (Å²) in [4.78, 5) is 10.0. The summed E-state index contributed by atoms with van der Waals surface area (Å²) >= 11 is 0. The summed E-state index contributed by atoms with van der Waals surface area (Å²) in [5.74, 6) is 1.49. The summed E-state index contributed by atoms with van der Waals surface area (Å²) in [5, 5.41) is 5.85. The van der Waals surface area contributed by atoms with Crippen molar-refractivity contribution in [2.24, 2.45) is 0 Å². The molecule has 0 N–H and O–H groups in total. The number of rotatable bonds is 3. The van der Waals surface area contributed by atoms with E-state index in [2.05, 4.69) is 100 Å². The van der Waals surface area contributed by atoms with Gasteiger partial charge in [-0.1, -0.05) is 88.4 Å². The van der Waals surface area contributed by atoms with E-state index in [4.69, 9.17) is 14.4 Å². The number of hydrogen-bond acceptors (Lipinski definition) is 3. The Morgan fingerprint density at radius 1 is 0.667 bits per heavy atom. The molecule has 0 amide bonds. The molecule has 6 rings (SSSR count). The van der Waals surface area contributed by atoms with Crippen LogP contribution >= 0.6 is 0 Å². The molecule has 0 spiro atoms. The molecule has 33 heavy (non-hydrogen) atoms. The maximum absolute atomic E-state index is 6.48. The Balaban J connectivity index is 1.74. The van der Waals surface area contributed by atoms with Gasteiger partial charge in [0.05, 0.1) is 0 Å². The zero-order valence-corrected chi connectivity index (χ0v) is 19.4. The Morgan fingerprint density at radius 3 is 2.09 bits per heavy atom. The van der Waals surface area contributed by atoms with Crippen LogP contribution < -0.4 is 0 Å². The van der Waals surface area contributed by atoms with Crippen molar-refractivity contribution < 1.29 is 4.42 Å². The molecule has 0 fully saturated rings. The number of hydrogen-bond donors (Lipinski definition) is 0. The van der Waals surface area contributed by atoms with Crippen LogP contribution in [0.15, 0.2) is 77.2 Å². The van der Waals surface area contributed by atoms with Gasteiger partial charge in [0.15, 0.2) is 5.58 Å². The molecule has 0 saturated heterocycles. The molecule has 3 heteroatoms. The molecule has 6 aromatic rings. The lowest BCUT2D eigenvalue weighted by Gasteiger charge is -2.14. The van der Waals surface area contributed by atoms with Gasteiger partial charge in [-0.2, -0.15) is 0 Å². The molecule has 0 aliphatic carbocycles. The highest BCUT2D eigenvalue weighted by Crippen LogP contribution is 2.40. The van der Waals surface area contributed by atoms with Crippen LogP contribution in [-0.4, -0.2) is 9.97 Å². The Morgan fingerprint density at radius 2 is 1.36 bits per heavy atom. The Kier molecular flexibility index (Phi) is 4.48. The third kappa shape index (κ3) is 3.11. The smallest absolute Gasteiger partial charge is 0.180 e. The van der Waals surface area contributed by atoms with E-state index in [1.165, 1.54) is 21.7 Å². The first-order chi connectivity index (χ1) is 16.0. The van der Waals surface area contributed by atoms with Crippen molar-refractivity contribution in [1.29, 1.82) is 0 Å². The van der Waals surface area contributed by atoms with E-state index < -0.39 is 0 Å². The zero-order valence-electron chi connectivity index (χ0n) is 19.4. The fourth-order valence-corrected chi connectivity index (χ4v) is 4.82. The molecule has 0 aliphatic rings. The number of fused-ring (bicyclic) bond motifs is 5. The monoisotopic (exact) mass is 430 g/mol. The SMILES string of the molecule is CC(C)c1nc(-c2ccc(C(C)C)c3ccccc23)c2oc3cc4ccccc4cc3c2n1. The first kappa shape index (κ1) is 19.9. The summed E-state index contributed by atoms with van der Waals surface area (Å²) in [6, 6.07) is 25.7. The topological polar surface area (TPSA) is 38.9 Å². The molecule has 0 aliphatic heterocycles. The summed E-state index contributed by atoms with van der Waals surface area (Å²) in [7, 11) is 0. The second kappa shape index (κ2) is 7.41. The van der Waals surface area contributed by atoms with Gasteiger partial charge in [-0.15, -0.1) is 0 Å². The van der Waals surface area contributed by atoms with E-state index in [1.807, 2.05) is 0 Å². The Hall–Kier alpha value is -3.72. The minimum atomic E-state index is 0.208. The van der Waals surface area contributed by atoms with Crippen LogP contribution in [0, 0.1) is 0 Å². The predicted molar refractivity (Wildman–Crippen MR) is 138 cm³/mol. The van der Waals surface area contributed by atoms with Gasteiger partial charge in [0.25, 0.3) is 0 Å². The maximum atomic E-state index is 6.48. The van der Waals surface area contributed by atoms with Gasteiger partial charge in [0.1, 0.15) is 22.6 Å². The van der Waals surface area contributed by atoms with Crippen molar-refractivity contribution in [3.05, 3.63) is 84.2 Å². The minimum absolute atomic E-state index is 0.208. The van der Waals surface area contributed by atoms with Gasteiger partial charge in [-0.25, -0.2) is 9.97 Å². The first-order valence-electron chi connectivity index (χ1n) is 11.7. The number of aromatic nitrogens is 2. The van der Waals surface area contributed by atoms with E-state index in [9.17, 15) is 0 Å². The highest BCUT2D eigenvalue weighted by molar-refractivity contribution is 6.12. The lowest BCUT2D eigenvalue weighted by molar-refractivity contribution is 0.664. The zero-order chi connectivity index (χ0) is 22.7. The van der Waals surface area contributed by atoms with E-state index in [0.29, 0.717) is 5.92 Å². The van der Waals surface area contributed by atoms with Crippen LogP contribution in [0.2, 0.25) is 0 Å². The van der Waals surface area contributed by atoms with Gasteiger partial charge in [0, 0.05) is 16.9 Å². The van der Waals surface area contributed by atoms with Gasteiger partial charge >= 0.3 is 0 Å². The van der Waals surface area contributed by atoms with Crippen LogP contribution in [0.4, 0.5) is 0 Å². The van der Waals surface area contributed by atoms with Crippen molar-refractivity contribution >= 4 is 43.6 Å². The average molecular weight is 431 g/mol. The normalized spacial score (nSPS) is 12.2. The molecule has 2 aromatic heterocycles. The Labute approximate surface area is 193 Å². The fourth-order valence-electron chi connectivity index (χ4n) is 4.82. The number of benzene rings is 4. The lowest BCUT2D eigenvalue weighted by Crippen LogP contribution is -2.00. The Bertz CT molecular complexity index is 1670. The third-order valence-electron chi connectivity index (χ3n) is 6.55. The molecule has 0 unspecified atom stereocenters. The highest BCUT2D eigenvalue weighted by Gasteiger charge is 2.21. The average Bonchev–Trinajstić information content (AvgIpc) is 3.18. The summed E-state index contributed by atoms with van der Waals surface area (Å²) in [5.41, 5.74) is 5.81. The van der Waals surface area contributed by atoms with Crippen LogP contribution in [0.1, 0.15) is 50.9 Å².